The molecule has 0 aliphatic rings. The van der Waals surface area contributed by atoms with Gasteiger partial charge in [0.05, 0.1) is 5.25 Å². The Morgan fingerprint density at radius 1 is 1.19 bits per heavy atom. The fourth-order valence-electron chi connectivity index (χ4n) is 2.43. The smallest absolute Gasteiger partial charge is 0.237 e. The van der Waals surface area contributed by atoms with Gasteiger partial charge in [0.15, 0.2) is 11.0 Å². The zero-order chi connectivity index (χ0) is 18.7. The maximum Gasteiger partial charge on any atom is 0.237 e. The van der Waals surface area contributed by atoms with Crippen LogP contribution in [-0.4, -0.2) is 25.9 Å². The summed E-state index contributed by atoms with van der Waals surface area (Å²) in [6.07, 6.45) is 0. The zero-order valence-electron chi connectivity index (χ0n) is 14.7. The van der Waals surface area contributed by atoms with Gasteiger partial charge in [-0.25, -0.2) is 0 Å². The molecule has 1 aromatic heterocycles. The van der Waals surface area contributed by atoms with Gasteiger partial charge >= 0.3 is 0 Å². The minimum atomic E-state index is -0.333. The standard InChI is InChI=1S/C19H19ClN4OS/c1-12-9-10-15(20)11-16(12)21-18(25)13(2)26-19-23-22-17(24(19)3)14-7-5-4-6-8-14/h4-11,13H,1-3H3,(H,21,25). The van der Waals surface area contributed by atoms with Crippen LogP contribution in [0.5, 0.6) is 0 Å². The van der Waals surface area contributed by atoms with Crippen molar-refractivity contribution in [1.29, 1.82) is 0 Å². The lowest BCUT2D eigenvalue weighted by atomic mass is 10.2. The molecule has 7 heteroatoms. The minimum Gasteiger partial charge on any atom is -0.325 e. The number of thioether (sulfide) groups is 1. The van der Waals surface area contributed by atoms with Crippen molar-refractivity contribution in [2.45, 2.75) is 24.3 Å². The number of hydrogen-bond acceptors (Lipinski definition) is 4. The van der Waals surface area contributed by atoms with E-state index in [4.69, 9.17) is 11.6 Å². The van der Waals surface area contributed by atoms with Gasteiger partial charge in [-0.15, -0.1) is 10.2 Å². The Morgan fingerprint density at radius 3 is 2.65 bits per heavy atom. The lowest BCUT2D eigenvalue weighted by Gasteiger charge is -2.13. The molecule has 26 heavy (non-hydrogen) atoms. The van der Waals surface area contributed by atoms with E-state index in [1.165, 1.54) is 11.8 Å². The molecule has 3 rings (SSSR count). The third kappa shape index (κ3) is 4.08. The number of anilines is 1. The topological polar surface area (TPSA) is 59.8 Å². The highest BCUT2D eigenvalue weighted by molar-refractivity contribution is 8.00. The van der Waals surface area contributed by atoms with Crippen molar-refractivity contribution in [2.24, 2.45) is 7.05 Å². The zero-order valence-corrected chi connectivity index (χ0v) is 16.3. The maximum absolute atomic E-state index is 12.5. The Kier molecular flexibility index (Phi) is 5.64. The average Bonchev–Trinajstić information content (AvgIpc) is 2.99. The number of carbonyl (C=O) groups excluding carboxylic acids is 1. The number of aryl methyl sites for hydroxylation is 1. The molecule has 0 aliphatic heterocycles. The number of aromatic nitrogens is 3. The van der Waals surface area contributed by atoms with E-state index in [-0.39, 0.29) is 11.2 Å². The highest BCUT2D eigenvalue weighted by Crippen LogP contribution is 2.27. The lowest BCUT2D eigenvalue weighted by molar-refractivity contribution is -0.115. The Bertz CT molecular complexity index is 927. The van der Waals surface area contributed by atoms with Crippen LogP contribution in [0.1, 0.15) is 12.5 Å². The number of halogens is 1. The SMILES string of the molecule is Cc1ccc(Cl)cc1NC(=O)C(C)Sc1nnc(-c2ccccc2)n1C. The molecular formula is C19H19ClN4OS. The highest BCUT2D eigenvalue weighted by atomic mass is 35.5. The summed E-state index contributed by atoms with van der Waals surface area (Å²) in [6.45, 7) is 3.77. The molecule has 5 nitrogen and oxygen atoms in total. The number of nitrogens with zero attached hydrogens (tertiary/aromatic N) is 3. The lowest BCUT2D eigenvalue weighted by Crippen LogP contribution is -2.23. The van der Waals surface area contributed by atoms with Crippen LogP contribution in [0.2, 0.25) is 5.02 Å². The van der Waals surface area contributed by atoms with E-state index in [2.05, 4.69) is 15.5 Å². The number of amides is 1. The molecular weight excluding hydrogens is 368 g/mol. The summed E-state index contributed by atoms with van der Waals surface area (Å²) in [5, 5.41) is 12.4. The van der Waals surface area contributed by atoms with E-state index in [0.29, 0.717) is 10.2 Å². The quantitative estimate of drug-likeness (QED) is 0.653. The van der Waals surface area contributed by atoms with Crippen molar-refractivity contribution >= 4 is 35.0 Å². The molecule has 0 saturated carbocycles. The second kappa shape index (κ2) is 7.93. The first kappa shape index (κ1) is 18.5. The Hall–Kier alpha value is -2.31. The molecule has 0 aliphatic carbocycles. The highest BCUT2D eigenvalue weighted by Gasteiger charge is 2.20. The van der Waals surface area contributed by atoms with Crippen LogP contribution in [-0.2, 0) is 11.8 Å². The molecule has 1 N–H and O–H groups in total. The summed E-state index contributed by atoms with van der Waals surface area (Å²) in [6, 6.07) is 15.3. The number of carbonyl (C=O) groups is 1. The summed E-state index contributed by atoms with van der Waals surface area (Å²) in [4.78, 5) is 12.5. The number of nitrogens with one attached hydrogen (secondary N) is 1. The van der Waals surface area contributed by atoms with Crippen LogP contribution in [0, 0.1) is 6.92 Å². The fraction of sp³-hybridized carbons (Fsp3) is 0.211. The first-order valence-electron chi connectivity index (χ1n) is 8.14. The van der Waals surface area contributed by atoms with Crippen LogP contribution in [0.3, 0.4) is 0 Å². The molecule has 0 bridgehead atoms. The van der Waals surface area contributed by atoms with Crippen molar-refractivity contribution in [3.8, 4) is 11.4 Å². The molecule has 1 heterocycles. The summed E-state index contributed by atoms with van der Waals surface area (Å²) >= 11 is 7.38. The number of rotatable bonds is 5. The molecule has 1 atom stereocenters. The fourth-order valence-corrected chi connectivity index (χ4v) is 3.42. The van der Waals surface area contributed by atoms with Gasteiger partial charge in [0, 0.05) is 23.3 Å². The van der Waals surface area contributed by atoms with Gasteiger partial charge < -0.3 is 9.88 Å². The van der Waals surface area contributed by atoms with Crippen LogP contribution < -0.4 is 5.32 Å². The van der Waals surface area contributed by atoms with E-state index in [1.54, 1.807) is 12.1 Å². The summed E-state index contributed by atoms with van der Waals surface area (Å²) in [5.41, 5.74) is 2.67. The molecule has 1 unspecified atom stereocenters. The van der Waals surface area contributed by atoms with E-state index in [9.17, 15) is 4.79 Å². The predicted octanol–water partition coefficient (Wildman–Crippen LogP) is 4.56. The number of hydrogen-bond donors (Lipinski definition) is 1. The van der Waals surface area contributed by atoms with Gasteiger partial charge in [-0.05, 0) is 31.5 Å². The van der Waals surface area contributed by atoms with Crippen molar-refractivity contribution in [1.82, 2.24) is 14.8 Å². The Balaban J connectivity index is 1.72. The largest absolute Gasteiger partial charge is 0.325 e. The summed E-state index contributed by atoms with van der Waals surface area (Å²) < 4.78 is 1.90. The van der Waals surface area contributed by atoms with Gasteiger partial charge in [0.1, 0.15) is 0 Å². The monoisotopic (exact) mass is 386 g/mol. The third-order valence-electron chi connectivity index (χ3n) is 3.98. The van der Waals surface area contributed by atoms with Crippen LogP contribution >= 0.6 is 23.4 Å². The normalized spacial score (nSPS) is 12.0. The summed E-state index contributed by atoms with van der Waals surface area (Å²) in [7, 11) is 1.90. The van der Waals surface area contributed by atoms with E-state index in [0.717, 1.165) is 22.6 Å². The Morgan fingerprint density at radius 2 is 1.92 bits per heavy atom. The van der Waals surface area contributed by atoms with Crippen LogP contribution in [0.15, 0.2) is 53.7 Å². The van der Waals surface area contributed by atoms with Crippen LogP contribution in [0.25, 0.3) is 11.4 Å². The molecule has 1 amide bonds. The van der Waals surface area contributed by atoms with Gasteiger partial charge in [0.25, 0.3) is 0 Å². The second-order valence-electron chi connectivity index (χ2n) is 5.94. The molecule has 3 aromatic rings. The van der Waals surface area contributed by atoms with Gasteiger partial charge in [-0.1, -0.05) is 59.8 Å². The number of benzene rings is 2. The average molecular weight is 387 g/mol. The van der Waals surface area contributed by atoms with Crippen molar-refractivity contribution in [3.05, 3.63) is 59.1 Å². The van der Waals surface area contributed by atoms with Crippen molar-refractivity contribution in [2.75, 3.05) is 5.32 Å². The molecule has 2 aromatic carbocycles. The van der Waals surface area contributed by atoms with Crippen molar-refractivity contribution < 1.29 is 4.79 Å². The Labute approximate surface area is 161 Å². The molecule has 0 fully saturated rings. The minimum absolute atomic E-state index is 0.107. The van der Waals surface area contributed by atoms with Crippen LogP contribution in [0.4, 0.5) is 5.69 Å². The molecule has 0 radical (unpaired) electrons. The van der Waals surface area contributed by atoms with Gasteiger partial charge in [-0.2, -0.15) is 0 Å². The molecule has 0 spiro atoms. The predicted molar refractivity (Wildman–Crippen MR) is 107 cm³/mol. The molecule has 134 valence electrons. The van der Waals surface area contributed by atoms with Crippen molar-refractivity contribution in [3.63, 3.8) is 0 Å². The summed E-state index contributed by atoms with van der Waals surface area (Å²) in [5.74, 6) is 0.663. The third-order valence-corrected chi connectivity index (χ3v) is 5.34. The van der Waals surface area contributed by atoms with E-state index >= 15 is 0 Å². The van der Waals surface area contributed by atoms with E-state index < -0.39 is 0 Å². The maximum atomic E-state index is 12.5. The van der Waals surface area contributed by atoms with Gasteiger partial charge in [0.2, 0.25) is 5.91 Å². The van der Waals surface area contributed by atoms with Gasteiger partial charge in [-0.3, -0.25) is 4.79 Å². The second-order valence-corrected chi connectivity index (χ2v) is 7.68. The molecule has 0 saturated heterocycles. The first-order chi connectivity index (χ1) is 12.5. The first-order valence-corrected chi connectivity index (χ1v) is 9.40. The van der Waals surface area contributed by atoms with E-state index in [1.807, 2.05) is 61.9 Å².